The summed E-state index contributed by atoms with van der Waals surface area (Å²) in [6.45, 7) is 5.14. The van der Waals surface area contributed by atoms with Crippen LogP contribution in [0.25, 0.3) is 0 Å². The van der Waals surface area contributed by atoms with E-state index in [1.165, 1.54) is 6.92 Å². The molecule has 1 aliphatic heterocycles. The second kappa shape index (κ2) is 3.43. The second-order valence-electron chi connectivity index (χ2n) is 4.67. The first-order valence-electron chi connectivity index (χ1n) is 5.33. The molecule has 1 aliphatic carbocycles. The van der Waals surface area contributed by atoms with E-state index in [1.807, 2.05) is 0 Å². The van der Waals surface area contributed by atoms with Crippen LogP contribution >= 0.6 is 0 Å². The molecule has 0 saturated heterocycles. The van der Waals surface area contributed by atoms with E-state index in [0.717, 1.165) is 11.3 Å². The van der Waals surface area contributed by atoms with Crippen LogP contribution < -0.4 is 0 Å². The van der Waals surface area contributed by atoms with Gasteiger partial charge in [-0.3, -0.25) is 4.79 Å². The lowest BCUT2D eigenvalue weighted by Crippen LogP contribution is -2.56. The predicted octanol–water partition coefficient (Wildman–Crippen LogP) is 0.548. The molecule has 0 unspecified atom stereocenters. The first kappa shape index (κ1) is 11.4. The van der Waals surface area contributed by atoms with Crippen molar-refractivity contribution in [1.29, 1.82) is 0 Å². The highest BCUT2D eigenvalue weighted by Gasteiger charge is 2.49. The topological polar surface area (TPSA) is 66.8 Å². The lowest BCUT2D eigenvalue weighted by atomic mass is 9.71. The fourth-order valence-corrected chi connectivity index (χ4v) is 2.36. The third-order valence-electron chi connectivity index (χ3n) is 3.44. The quantitative estimate of drug-likeness (QED) is 0.630. The highest BCUT2D eigenvalue weighted by molar-refractivity contribution is 6.03. The summed E-state index contributed by atoms with van der Waals surface area (Å²) in [6, 6.07) is 0. The Hall–Kier alpha value is -1.13. The van der Waals surface area contributed by atoms with Gasteiger partial charge in [0.25, 0.3) is 0 Å². The first-order valence-corrected chi connectivity index (χ1v) is 5.33. The lowest BCUT2D eigenvalue weighted by molar-refractivity contribution is -0.151. The fourth-order valence-electron chi connectivity index (χ4n) is 2.36. The lowest BCUT2D eigenvalue weighted by Gasteiger charge is -2.41. The summed E-state index contributed by atoms with van der Waals surface area (Å²) in [4.78, 5) is 11.9. The molecule has 88 valence electrons. The molecule has 0 spiro atoms. The molecule has 0 saturated carbocycles. The van der Waals surface area contributed by atoms with E-state index >= 15 is 0 Å². The third kappa shape index (κ3) is 1.41. The molecule has 0 aromatic carbocycles. The molecule has 3 atom stereocenters. The summed E-state index contributed by atoms with van der Waals surface area (Å²) in [5, 5.41) is 20.0. The molecule has 0 bridgehead atoms. The van der Waals surface area contributed by atoms with E-state index in [1.54, 1.807) is 19.9 Å². The number of aliphatic hydroxyl groups excluding tert-OH is 1. The summed E-state index contributed by atoms with van der Waals surface area (Å²) in [6.07, 6.45) is 0.655. The van der Waals surface area contributed by atoms with Crippen LogP contribution in [0.1, 0.15) is 20.8 Å². The maximum atomic E-state index is 11.9. The number of aliphatic hydroxyl groups is 2. The van der Waals surface area contributed by atoms with Crippen molar-refractivity contribution in [3.63, 3.8) is 0 Å². The van der Waals surface area contributed by atoms with E-state index < -0.39 is 17.5 Å². The normalized spacial score (nSPS) is 39.1. The van der Waals surface area contributed by atoms with Gasteiger partial charge in [0.05, 0.1) is 12.4 Å². The molecule has 0 aromatic heterocycles. The smallest absolute Gasteiger partial charge is 0.192 e. The molecule has 4 nitrogen and oxygen atoms in total. The monoisotopic (exact) mass is 224 g/mol. The molecule has 2 N–H and O–H groups in total. The van der Waals surface area contributed by atoms with Gasteiger partial charge in [0.2, 0.25) is 0 Å². The molecule has 0 amide bonds. The van der Waals surface area contributed by atoms with E-state index in [9.17, 15) is 15.0 Å². The Morgan fingerprint density at radius 2 is 2.12 bits per heavy atom. The van der Waals surface area contributed by atoms with Crippen LogP contribution in [-0.2, 0) is 9.53 Å². The molecule has 16 heavy (non-hydrogen) atoms. The maximum absolute atomic E-state index is 11.9. The molecular formula is C12H16O4. The van der Waals surface area contributed by atoms with E-state index in [-0.39, 0.29) is 5.92 Å². The zero-order valence-electron chi connectivity index (χ0n) is 9.65. The first-order chi connectivity index (χ1) is 7.35. The highest BCUT2D eigenvalue weighted by Crippen LogP contribution is 2.38. The van der Waals surface area contributed by atoms with Gasteiger partial charge in [-0.1, -0.05) is 0 Å². The Kier molecular flexibility index (Phi) is 2.44. The standard InChI is InChI=1S/C12H16O4/c1-6-4-8-7(2)10(13)12(3,15)11(14)9(8)5-16-6/h4,9,11,14-15H,5H2,1-3H3/t9-,11-,12+/m1/s1. The van der Waals surface area contributed by atoms with Gasteiger partial charge in [0, 0.05) is 5.92 Å². The van der Waals surface area contributed by atoms with Gasteiger partial charge < -0.3 is 14.9 Å². The van der Waals surface area contributed by atoms with Gasteiger partial charge in [-0.2, -0.15) is 0 Å². The Bertz CT molecular complexity index is 403. The zero-order valence-corrected chi connectivity index (χ0v) is 9.65. The van der Waals surface area contributed by atoms with Crippen LogP contribution in [0.2, 0.25) is 0 Å². The van der Waals surface area contributed by atoms with Crippen LogP contribution in [-0.4, -0.2) is 34.3 Å². The van der Waals surface area contributed by atoms with Crippen molar-refractivity contribution in [3.05, 3.63) is 23.0 Å². The number of ketones is 1. The van der Waals surface area contributed by atoms with Crippen LogP contribution in [0, 0.1) is 5.92 Å². The van der Waals surface area contributed by atoms with Gasteiger partial charge in [-0.25, -0.2) is 0 Å². The number of hydrogen-bond acceptors (Lipinski definition) is 4. The number of fused-ring (bicyclic) bond motifs is 1. The van der Waals surface area contributed by atoms with Crippen LogP contribution in [0.3, 0.4) is 0 Å². The van der Waals surface area contributed by atoms with Gasteiger partial charge >= 0.3 is 0 Å². The van der Waals surface area contributed by atoms with Crippen molar-refractivity contribution < 1.29 is 19.7 Å². The Labute approximate surface area is 94.2 Å². The molecule has 4 heteroatoms. The summed E-state index contributed by atoms with van der Waals surface area (Å²) in [5.74, 6) is 0.000688. The molecule has 1 heterocycles. The van der Waals surface area contributed by atoms with Gasteiger partial charge in [0.15, 0.2) is 11.4 Å². The number of rotatable bonds is 0. The van der Waals surface area contributed by atoms with E-state index in [4.69, 9.17) is 4.74 Å². The van der Waals surface area contributed by atoms with E-state index in [2.05, 4.69) is 0 Å². The van der Waals surface area contributed by atoms with Crippen molar-refractivity contribution in [2.45, 2.75) is 32.5 Å². The number of carbonyl (C=O) groups is 1. The summed E-state index contributed by atoms with van der Waals surface area (Å²) < 4.78 is 5.34. The number of Topliss-reactive ketones (excluding diaryl/α,β-unsaturated/α-hetero) is 1. The Balaban J connectivity index is 2.56. The van der Waals surface area contributed by atoms with Crippen molar-refractivity contribution in [2.75, 3.05) is 6.61 Å². The Morgan fingerprint density at radius 1 is 1.50 bits per heavy atom. The van der Waals surface area contributed by atoms with Crippen LogP contribution in [0.15, 0.2) is 23.0 Å². The second-order valence-corrected chi connectivity index (χ2v) is 4.67. The largest absolute Gasteiger partial charge is 0.497 e. The summed E-state index contributed by atoms with van der Waals surface area (Å²) in [5.41, 5.74) is -0.406. The summed E-state index contributed by atoms with van der Waals surface area (Å²) in [7, 11) is 0. The number of ether oxygens (including phenoxy) is 1. The molecule has 0 aromatic rings. The SMILES string of the molecule is CC1=CC2=C(C)C(=O)[C@](C)(O)[C@H](O)[C@@H]2CO1. The molecule has 0 radical (unpaired) electrons. The predicted molar refractivity (Wildman–Crippen MR) is 57.5 cm³/mol. The van der Waals surface area contributed by atoms with Gasteiger partial charge in [-0.15, -0.1) is 0 Å². The van der Waals surface area contributed by atoms with Crippen molar-refractivity contribution in [3.8, 4) is 0 Å². The average Bonchev–Trinajstić information content (AvgIpc) is 2.24. The minimum Gasteiger partial charge on any atom is -0.497 e. The molecule has 2 rings (SSSR count). The molecular weight excluding hydrogens is 208 g/mol. The number of hydrogen-bond donors (Lipinski definition) is 2. The van der Waals surface area contributed by atoms with E-state index in [0.29, 0.717) is 12.2 Å². The highest BCUT2D eigenvalue weighted by atomic mass is 16.5. The van der Waals surface area contributed by atoms with Crippen molar-refractivity contribution in [1.82, 2.24) is 0 Å². The number of allylic oxidation sites excluding steroid dienone is 2. The molecule has 2 aliphatic rings. The van der Waals surface area contributed by atoms with Crippen molar-refractivity contribution >= 4 is 5.78 Å². The van der Waals surface area contributed by atoms with Gasteiger partial charge in [-0.05, 0) is 38.0 Å². The van der Waals surface area contributed by atoms with Gasteiger partial charge in [0.1, 0.15) is 6.10 Å². The maximum Gasteiger partial charge on any atom is 0.192 e. The third-order valence-corrected chi connectivity index (χ3v) is 3.44. The number of carbonyl (C=O) groups excluding carboxylic acids is 1. The zero-order chi connectivity index (χ0) is 12.1. The summed E-state index contributed by atoms with van der Waals surface area (Å²) >= 11 is 0. The minimum atomic E-state index is -1.71. The average molecular weight is 224 g/mol. The van der Waals surface area contributed by atoms with Crippen LogP contribution in [0.4, 0.5) is 0 Å². The van der Waals surface area contributed by atoms with Crippen LogP contribution in [0.5, 0.6) is 0 Å². The fraction of sp³-hybridized carbons (Fsp3) is 0.583. The Morgan fingerprint density at radius 3 is 2.75 bits per heavy atom. The molecule has 0 fully saturated rings. The van der Waals surface area contributed by atoms with Crippen molar-refractivity contribution in [2.24, 2.45) is 5.92 Å². The minimum absolute atomic E-state index is 0.305.